The Hall–Kier alpha value is -0.450. The fraction of sp³-hybridized carbons (Fsp3) is 0.600. The highest BCUT2D eigenvalue weighted by atomic mass is 79.9. The highest BCUT2D eigenvalue weighted by Gasteiger charge is 2.46. The van der Waals surface area contributed by atoms with Gasteiger partial charge in [0.05, 0.1) is 5.60 Å². The van der Waals surface area contributed by atoms with E-state index in [2.05, 4.69) is 20.8 Å². The second-order valence-corrected chi connectivity index (χ2v) is 6.73. The number of hydrogen-bond acceptors (Lipinski definition) is 2. The van der Waals surface area contributed by atoms with Gasteiger partial charge in [0.25, 0.3) is 0 Å². The lowest BCUT2D eigenvalue weighted by Gasteiger charge is -2.37. The molecule has 0 aromatic heterocycles. The zero-order valence-electron chi connectivity index (χ0n) is 10.9. The van der Waals surface area contributed by atoms with Crippen LogP contribution in [0.1, 0.15) is 31.2 Å². The summed E-state index contributed by atoms with van der Waals surface area (Å²) in [6.45, 7) is 2.02. The third-order valence-electron chi connectivity index (χ3n) is 4.58. The average molecular weight is 328 g/mol. The summed E-state index contributed by atoms with van der Waals surface area (Å²) >= 11 is 3.27. The Morgan fingerprint density at radius 1 is 1.37 bits per heavy atom. The van der Waals surface area contributed by atoms with Crippen LogP contribution >= 0.6 is 15.9 Å². The lowest BCUT2D eigenvalue weighted by molar-refractivity contribution is -0.00944. The Morgan fingerprint density at radius 2 is 2.21 bits per heavy atom. The third-order valence-corrected chi connectivity index (χ3v) is 5.07. The number of fused-ring (bicyclic) bond motifs is 1. The minimum absolute atomic E-state index is 0.212. The fourth-order valence-corrected chi connectivity index (χ4v) is 3.91. The molecule has 2 aliphatic rings. The summed E-state index contributed by atoms with van der Waals surface area (Å²) < 4.78 is 14.7. The van der Waals surface area contributed by atoms with Crippen LogP contribution in [-0.4, -0.2) is 34.7 Å². The van der Waals surface area contributed by atoms with E-state index in [1.807, 2.05) is 6.07 Å². The van der Waals surface area contributed by atoms with Crippen molar-refractivity contribution in [3.8, 4) is 0 Å². The van der Waals surface area contributed by atoms with Gasteiger partial charge in [-0.05, 0) is 43.5 Å². The first kappa shape index (κ1) is 13.5. The molecule has 2 heterocycles. The quantitative estimate of drug-likeness (QED) is 0.902. The van der Waals surface area contributed by atoms with Crippen molar-refractivity contribution in [2.24, 2.45) is 0 Å². The molecule has 0 amide bonds. The molecule has 1 aromatic carbocycles. The van der Waals surface area contributed by atoms with Gasteiger partial charge in [0.15, 0.2) is 0 Å². The summed E-state index contributed by atoms with van der Waals surface area (Å²) in [4.78, 5) is 2.38. The van der Waals surface area contributed by atoms with Crippen molar-refractivity contribution >= 4 is 15.9 Å². The van der Waals surface area contributed by atoms with Crippen molar-refractivity contribution in [1.82, 2.24) is 4.90 Å². The Kier molecular flexibility index (Phi) is 3.67. The van der Waals surface area contributed by atoms with E-state index < -0.39 is 5.60 Å². The maximum absolute atomic E-state index is 13.9. The highest BCUT2D eigenvalue weighted by Crippen LogP contribution is 2.37. The van der Waals surface area contributed by atoms with Crippen LogP contribution in [0.5, 0.6) is 0 Å². The minimum atomic E-state index is -0.755. The molecule has 0 aliphatic carbocycles. The van der Waals surface area contributed by atoms with Crippen molar-refractivity contribution in [3.05, 3.63) is 34.1 Å². The maximum atomic E-state index is 13.9. The van der Waals surface area contributed by atoms with Gasteiger partial charge < -0.3 is 5.11 Å². The highest BCUT2D eigenvalue weighted by molar-refractivity contribution is 9.10. The van der Waals surface area contributed by atoms with E-state index in [1.165, 1.54) is 18.9 Å². The van der Waals surface area contributed by atoms with Gasteiger partial charge in [-0.2, -0.15) is 0 Å². The molecule has 2 fully saturated rings. The van der Waals surface area contributed by atoms with Crippen LogP contribution in [0.4, 0.5) is 4.39 Å². The number of piperidine rings is 1. The first-order valence-electron chi connectivity index (χ1n) is 6.99. The number of benzene rings is 1. The summed E-state index contributed by atoms with van der Waals surface area (Å²) in [6, 6.07) is 5.31. The summed E-state index contributed by atoms with van der Waals surface area (Å²) in [5, 5.41) is 10.9. The molecular formula is C15H19BrFNO. The van der Waals surface area contributed by atoms with Gasteiger partial charge in [0.2, 0.25) is 0 Å². The molecule has 1 N–H and O–H groups in total. The zero-order chi connectivity index (χ0) is 13.5. The van der Waals surface area contributed by atoms with Gasteiger partial charge in [-0.3, -0.25) is 4.90 Å². The van der Waals surface area contributed by atoms with E-state index in [0.717, 1.165) is 30.4 Å². The topological polar surface area (TPSA) is 23.5 Å². The summed E-state index contributed by atoms with van der Waals surface area (Å²) in [6.07, 6.45) is 4.61. The van der Waals surface area contributed by atoms with Crippen LogP contribution in [0.2, 0.25) is 0 Å². The van der Waals surface area contributed by atoms with Gasteiger partial charge in [0, 0.05) is 23.5 Å². The van der Waals surface area contributed by atoms with E-state index in [4.69, 9.17) is 0 Å². The molecule has 4 heteroatoms. The van der Waals surface area contributed by atoms with Gasteiger partial charge >= 0.3 is 0 Å². The summed E-state index contributed by atoms with van der Waals surface area (Å²) in [7, 11) is 0. The van der Waals surface area contributed by atoms with Crippen LogP contribution < -0.4 is 0 Å². The van der Waals surface area contributed by atoms with E-state index in [1.54, 1.807) is 6.07 Å². The molecule has 2 atom stereocenters. The van der Waals surface area contributed by atoms with Gasteiger partial charge in [-0.1, -0.05) is 28.4 Å². The molecule has 3 rings (SSSR count). The van der Waals surface area contributed by atoms with E-state index in [9.17, 15) is 9.50 Å². The largest absolute Gasteiger partial charge is 0.388 e. The first-order valence-corrected chi connectivity index (χ1v) is 7.78. The summed E-state index contributed by atoms with van der Waals surface area (Å²) in [5.74, 6) is -0.225. The first-order chi connectivity index (χ1) is 9.08. The molecular weight excluding hydrogens is 309 g/mol. The number of hydrogen-bond donors (Lipinski definition) is 1. The number of nitrogens with zero attached hydrogens (tertiary/aromatic N) is 1. The molecule has 2 aliphatic heterocycles. The van der Waals surface area contributed by atoms with Gasteiger partial charge in [0.1, 0.15) is 5.82 Å². The lowest BCUT2D eigenvalue weighted by Crippen LogP contribution is -2.48. The zero-order valence-corrected chi connectivity index (χ0v) is 12.5. The van der Waals surface area contributed by atoms with E-state index in [0.29, 0.717) is 12.0 Å². The van der Waals surface area contributed by atoms with E-state index in [-0.39, 0.29) is 11.9 Å². The normalized spacial score (nSPS) is 31.4. The summed E-state index contributed by atoms with van der Waals surface area (Å²) in [5.41, 5.74) is -0.132. The molecule has 104 valence electrons. The minimum Gasteiger partial charge on any atom is -0.388 e. The van der Waals surface area contributed by atoms with Crippen LogP contribution in [0.25, 0.3) is 0 Å². The Bertz CT molecular complexity index is 481. The maximum Gasteiger partial charge on any atom is 0.127 e. The molecule has 0 radical (unpaired) electrons. The molecule has 0 bridgehead atoms. The van der Waals surface area contributed by atoms with Crippen molar-refractivity contribution < 1.29 is 9.50 Å². The smallest absolute Gasteiger partial charge is 0.127 e. The SMILES string of the molecule is OC1(Cc2ccc(Br)cc2F)CCN2CCCCC21. The predicted molar refractivity (Wildman–Crippen MR) is 76.6 cm³/mol. The van der Waals surface area contributed by atoms with Crippen molar-refractivity contribution in [2.45, 2.75) is 43.7 Å². The number of aliphatic hydroxyl groups is 1. The Balaban J connectivity index is 1.81. The van der Waals surface area contributed by atoms with E-state index >= 15 is 0 Å². The molecule has 19 heavy (non-hydrogen) atoms. The van der Waals surface area contributed by atoms with Crippen LogP contribution in [0.15, 0.2) is 22.7 Å². The molecule has 2 unspecified atom stereocenters. The van der Waals surface area contributed by atoms with Crippen molar-refractivity contribution in [1.29, 1.82) is 0 Å². The average Bonchev–Trinajstić information content (AvgIpc) is 2.72. The monoisotopic (exact) mass is 327 g/mol. The van der Waals surface area contributed by atoms with Gasteiger partial charge in [-0.15, -0.1) is 0 Å². The second-order valence-electron chi connectivity index (χ2n) is 5.81. The molecule has 2 saturated heterocycles. The Labute approximate surface area is 121 Å². The Morgan fingerprint density at radius 3 is 3.00 bits per heavy atom. The van der Waals surface area contributed by atoms with Crippen molar-refractivity contribution in [3.63, 3.8) is 0 Å². The fourth-order valence-electron chi connectivity index (χ4n) is 3.57. The second kappa shape index (κ2) is 5.15. The standard InChI is InChI=1S/C15H19BrFNO/c16-12-5-4-11(13(17)9-12)10-15(19)6-8-18-7-2-1-3-14(15)18/h4-5,9,14,19H,1-3,6-8,10H2. The molecule has 2 nitrogen and oxygen atoms in total. The molecule has 1 aromatic rings. The van der Waals surface area contributed by atoms with Crippen LogP contribution in [0.3, 0.4) is 0 Å². The number of halogens is 2. The lowest BCUT2D eigenvalue weighted by atomic mass is 9.83. The van der Waals surface area contributed by atoms with Crippen LogP contribution in [-0.2, 0) is 6.42 Å². The van der Waals surface area contributed by atoms with Gasteiger partial charge in [-0.25, -0.2) is 4.39 Å². The predicted octanol–water partition coefficient (Wildman–Crippen LogP) is 3.12. The van der Waals surface area contributed by atoms with Crippen molar-refractivity contribution in [2.75, 3.05) is 13.1 Å². The molecule has 0 spiro atoms. The number of rotatable bonds is 2. The van der Waals surface area contributed by atoms with Crippen LogP contribution in [0, 0.1) is 5.82 Å². The third kappa shape index (κ3) is 2.58. The molecule has 0 saturated carbocycles.